The zero-order valence-electron chi connectivity index (χ0n) is 8.81. The van der Waals surface area contributed by atoms with Crippen LogP contribution in [0, 0.1) is 22.9 Å². The van der Waals surface area contributed by atoms with Crippen LogP contribution in [0.25, 0.3) is 11.3 Å². The zero-order chi connectivity index (χ0) is 12.6. The van der Waals surface area contributed by atoms with Gasteiger partial charge >= 0.3 is 0 Å². The van der Waals surface area contributed by atoms with Crippen molar-refractivity contribution in [3.63, 3.8) is 0 Å². The Morgan fingerprint density at radius 1 is 1.47 bits per heavy atom. The average molecular weight is 237 g/mol. The highest BCUT2D eigenvalue weighted by atomic mass is 19.1. The third-order valence-electron chi connectivity index (χ3n) is 2.33. The summed E-state index contributed by atoms with van der Waals surface area (Å²) < 4.78 is 17.9. The van der Waals surface area contributed by atoms with Gasteiger partial charge in [-0.15, -0.1) is 0 Å². The Labute approximate surface area is 95.0 Å². The minimum absolute atomic E-state index is 0.104. The van der Waals surface area contributed by atoms with Crippen molar-refractivity contribution in [1.29, 1.82) is 0 Å². The first kappa shape index (κ1) is 11.1. The summed E-state index contributed by atoms with van der Waals surface area (Å²) in [6.45, 7) is 1.64. The molecule has 0 aliphatic rings. The van der Waals surface area contributed by atoms with Gasteiger partial charge in [0.05, 0.1) is 11.0 Å². The molecule has 2 aromatic rings. The Morgan fingerprint density at radius 2 is 2.18 bits per heavy atom. The first-order valence-electron chi connectivity index (χ1n) is 4.66. The molecule has 1 aromatic heterocycles. The number of benzene rings is 1. The standard InChI is InChI=1S/C10H8FN3O3/c1-5-9(13-17-10(5)12)6-2-7(11)4-8(3-6)14(15)16/h2-4H,12H2,1H3. The maximum absolute atomic E-state index is 13.2. The van der Waals surface area contributed by atoms with Crippen LogP contribution in [0.1, 0.15) is 5.56 Å². The van der Waals surface area contributed by atoms with E-state index >= 15 is 0 Å². The summed E-state index contributed by atoms with van der Waals surface area (Å²) in [4.78, 5) is 9.92. The second-order valence-corrected chi connectivity index (χ2v) is 3.48. The van der Waals surface area contributed by atoms with Gasteiger partial charge in [-0.25, -0.2) is 4.39 Å². The lowest BCUT2D eigenvalue weighted by atomic mass is 10.1. The molecule has 17 heavy (non-hydrogen) atoms. The number of halogens is 1. The number of nitro benzene ring substituents is 1. The molecule has 0 saturated carbocycles. The number of anilines is 1. The molecule has 0 amide bonds. The van der Waals surface area contributed by atoms with Gasteiger partial charge in [0.15, 0.2) is 0 Å². The smallest absolute Gasteiger partial charge is 0.273 e. The fourth-order valence-electron chi connectivity index (χ4n) is 1.43. The summed E-state index contributed by atoms with van der Waals surface area (Å²) in [6, 6.07) is 3.19. The van der Waals surface area contributed by atoms with Crippen LogP contribution >= 0.6 is 0 Å². The molecule has 6 nitrogen and oxygen atoms in total. The van der Waals surface area contributed by atoms with Gasteiger partial charge < -0.3 is 10.3 Å². The van der Waals surface area contributed by atoms with E-state index < -0.39 is 10.7 Å². The van der Waals surface area contributed by atoms with Crippen molar-refractivity contribution in [2.75, 3.05) is 5.73 Å². The van der Waals surface area contributed by atoms with Crippen molar-refractivity contribution in [2.24, 2.45) is 0 Å². The number of nitrogens with zero attached hydrogens (tertiary/aromatic N) is 2. The summed E-state index contributed by atoms with van der Waals surface area (Å²) in [7, 11) is 0. The largest absolute Gasteiger partial charge is 0.367 e. The van der Waals surface area contributed by atoms with Crippen molar-refractivity contribution in [2.45, 2.75) is 6.92 Å². The molecule has 1 aromatic carbocycles. The Morgan fingerprint density at radius 3 is 2.71 bits per heavy atom. The summed E-state index contributed by atoms with van der Waals surface area (Å²) in [5.41, 5.74) is 6.18. The molecule has 0 bridgehead atoms. The maximum atomic E-state index is 13.2. The van der Waals surface area contributed by atoms with E-state index in [1.54, 1.807) is 6.92 Å². The number of rotatable bonds is 2. The zero-order valence-corrected chi connectivity index (χ0v) is 8.81. The first-order chi connectivity index (χ1) is 7.99. The lowest BCUT2D eigenvalue weighted by Gasteiger charge is -1.98. The van der Waals surface area contributed by atoms with Gasteiger partial charge in [-0.05, 0) is 13.0 Å². The van der Waals surface area contributed by atoms with E-state index in [0.717, 1.165) is 12.1 Å². The Bertz CT molecular complexity index is 594. The number of nitrogens with two attached hydrogens (primary N) is 1. The molecule has 0 aliphatic carbocycles. The number of hydrogen-bond acceptors (Lipinski definition) is 5. The summed E-state index contributed by atoms with van der Waals surface area (Å²) in [5, 5.41) is 14.2. The van der Waals surface area contributed by atoms with Gasteiger partial charge in [0.2, 0.25) is 5.88 Å². The van der Waals surface area contributed by atoms with Gasteiger partial charge in [-0.3, -0.25) is 10.1 Å². The highest BCUT2D eigenvalue weighted by Crippen LogP contribution is 2.29. The number of nitrogen functional groups attached to an aromatic ring is 1. The average Bonchev–Trinajstić information content (AvgIpc) is 2.59. The lowest BCUT2D eigenvalue weighted by molar-refractivity contribution is -0.385. The predicted molar refractivity (Wildman–Crippen MR) is 57.7 cm³/mol. The number of aromatic nitrogens is 1. The molecular formula is C10H8FN3O3. The fourth-order valence-corrected chi connectivity index (χ4v) is 1.43. The van der Waals surface area contributed by atoms with Crippen LogP contribution in [0.5, 0.6) is 0 Å². The highest BCUT2D eigenvalue weighted by Gasteiger charge is 2.16. The van der Waals surface area contributed by atoms with E-state index in [9.17, 15) is 14.5 Å². The third kappa shape index (κ3) is 1.94. The molecule has 1 heterocycles. The Kier molecular flexibility index (Phi) is 2.51. The van der Waals surface area contributed by atoms with Crippen molar-refractivity contribution in [3.8, 4) is 11.3 Å². The van der Waals surface area contributed by atoms with Gasteiger partial charge in [0.25, 0.3) is 5.69 Å². The second-order valence-electron chi connectivity index (χ2n) is 3.48. The van der Waals surface area contributed by atoms with E-state index in [4.69, 9.17) is 10.3 Å². The molecule has 88 valence electrons. The molecule has 2 rings (SSSR count). The maximum Gasteiger partial charge on any atom is 0.273 e. The van der Waals surface area contributed by atoms with Crippen LogP contribution in [-0.2, 0) is 0 Å². The van der Waals surface area contributed by atoms with Crippen LogP contribution < -0.4 is 5.73 Å². The molecular weight excluding hydrogens is 229 g/mol. The molecule has 7 heteroatoms. The summed E-state index contributed by atoms with van der Waals surface area (Å²) in [6.07, 6.45) is 0. The Hall–Kier alpha value is -2.44. The van der Waals surface area contributed by atoms with Gasteiger partial charge in [0, 0.05) is 17.2 Å². The van der Waals surface area contributed by atoms with Crippen LogP contribution in [0.3, 0.4) is 0 Å². The van der Waals surface area contributed by atoms with Gasteiger partial charge in [0.1, 0.15) is 11.5 Å². The molecule has 0 spiro atoms. The second kappa shape index (κ2) is 3.85. The van der Waals surface area contributed by atoms with E-state index in [2.05, 4.69) is 5.16 Å². The normalized spacial score (nSPS) is 10.5. The minimum atomic E-state index is -0.713. The van der Waals surface area contributed by atoms with Crippen LogP contribution in [0.4, 0.5) is 16.0 Å². The predicted octanol–water partition coefficient (Wildman–Crippen LogP) is 2.28. The van der Waals surface area contributed by atoms with Crippen LogP contribution in [0.15, 0.2) is 22.7 Å². The monoisotopic (exact) mass is 237 g/mol. The van der Waals surface area contributed by atoms with Gasteiger partial charge in [-0.1, -0.05) is 5.16 Å². The topological polar surface area (TPSA) is 95.2 Å². The van der Waals surface area contributed by atoms with E-state index in [1.165, 1.54) is 6.07 Å². The van der Waals surface area contributed by atoms with Crippen LogP contribution in [0.2, 0.25) is 0 Å². The Balaban J connectivity index is 2.60. The number of nitro groups is 1. The molecule has 0 radical (unpaired) electrons. The van der Waals surface area contributed by atoms with Crippen molar-refractivity contribution in [1.82, 2.24) is 5.16 Å². The SMILES string of the molecule is Cc1c(-c2cc(F)cc([N+](=O)[O-])c2)noc1N. The highest BCUT2D eigenvalue weighted by molar-refractivity contribution is 5.68. The van der Waals surface area contributed by atoms with Crippen LogP contribution in [-0.4, -0.2) is 10.1 Å². The molecule has 0 saturated heterocycles. The molecule has 0 aliphatic heterocycles. The fraction of sp³-hybridized carbons (Fsp3) is 0.100. The molecule has 0 atom stereocenters. The van der Waals surface area contributed by atoms with Crippen molar-refractivity contribution in [3.05, 3.63) is 39.7 Å². The lowest BCUT2D eigenvalue weighted by Crippen LogP contribution is -1.91. The molecule has 0 unspecified atom stereocenters. The number of hydrogen-bond donors (Lipinski definition) is 1. The summed E-state index contributed by atoms with van der Waals surface area (Å²) in [5.74, 6) is -0.609. The first-order valence-corrected chi connectivity index (χ1v) is 4.66. The quantitative estimate of drug-likeness (QED) is 0.638. The molecule has 2 N–H and O–H groups in total. The van der Waals surface area contributed by atoms with Crippen molar-refractivity contribution < 1.29 is 13.8 Å². The third-order valence-corrected chi connectivity index (χ3v) is 2.33. The van der Waals surface area contributed by atoms with E-state index in [0.29, 0.717) is 11.3 Å². The minimum Gasteiger partial charge on any atom is -0.367 e. The van der Waals surface area contributed by atoms with E-state index in [-0.39, 0.29) is 17.1 Å². The van der Waals surface area contributed by atoms with Crippen molar-refractivity contribution >= 4 is 11.6 Å². The molecule has 0 fully saturated rings. The summed E-state index contributed by atoms with van der Waals surface area (Å²) >= 11 is 0. The number of non-ortho nitro benzene ring substituents is 1. The van der Waals surface area contributed by atoms with E-state index in [1.807, 2.05) is 0 Å². The van der Waals surface area contributed by atoms with Gasteiger partial charge in [-0.2, -0.15) is 0 Å².